The van der Waals surface area contributed by atoms with Crippen LogP contribution in [-0.4, -0.2) is 44.2 Å². The number of benzene rings is 1. The van der Waals surface area contributed by atoms with E-state index >= 15 is 0 Å². The average Bonchev–Trinajstić information content (AvgIpc) is 3.23. The molecule has 3 aromatic rings. The van der Waals surface area contributed by atoms with Gasteiger partial charge in [0.15, 0.2) is 0 Å². The number of rotatable bonds is 6. The van der Waals surface area contributed by atoms with E-state index in [1.807, 2.05) is 43.5 Å². The van der Waals surface area contributed by atoms with E-state index < -0.39 is 0 Å². The Morgan fingerprint density at radius 1 is 1.16 bits per heavy atom. The van der Waals surface area contributed by atoms with Gasteiger partial charge in [-0.05, 0) is 42.5 Å². The third kappa shape index (κ3) is 4.21. The van der Waals surface area contributed by atoms with Gasteiger partial charge in [0.05, 0.1) is 0 Å². The van der Waals surface area contributed by atoms with E-state index in [2.05, 4.69) is 10.4 Å². The van der Waals surface area contributed by atoms with Gasteiger partial charge >= 0.3 is 0 Å². The van der Waals surface area contributed by atoms with Crippen molar-refractivity contribution in [1.82, 2.24) is 24.6 Å². The number of aromatic nitrogens is 3. The van der Waals surface area contributed by atoms with Gasteiger partial charge in [-0.25, -0.2) is 0 Å². The Morgan fingerprint density at radius 3 is 2.62 bits per heavy atom. The van der Waals surface area contributed by atoms with Crippen LogP contribution in [-0.2, 0) is 33.0 Å². The van der Waals surface area contributed by atoms with Crippen molar-refractivity contribution in [3.63, 3.8) is 0 Å². The molecule has 32 heavy (non-hydrogen) atoms. The van der Waals surface area contributed by atoms with E-state index in [0.717, 1.165) is 16.7 Å². The maximum absolute atomic E-state index is 13.2. The molecule has 2 aromatic heterocycles. The molecule has 0 saturated heterocycles. The topological polar surface area (TPSA) is 89.2 Å². The predicted molar refractivity (Wildman–Crippen MR) is 121 cm³/mol. The molecular weight excluding hydrogens is 406 g/mol. The van der Waals surface area contributed by atoms with E-state index in [1.165, 1.54) is 0 Å². The smallest absolute Gasteiger partial charge is 0.272 e. The molecule has 0 aliphatic carbocycles. The number of amides is 2. The molecule has 2 amide bonds. The molecule has 0 atom stereocenters. The van der Waals surface area contributed by atoms with Crippen LogP contribution in [0.5, 0.6) is 0 Å². The van der Waals surface area contributed by atoms with Crippen molar-refractivity contribution in [3.8, 4) is 0 Å². The second-order valence-electron chi connectivity index (χ2n) is 7.92. The first-order valence-electron chi connectivity index (χ1n) is 10.8. The predicted octanol–water partition coefficient (Wildman–Crippen LogP) is 1.77. The fraction of sp³-hybridized carbons (Fsp3) is 0.333. The normalized spacial score (nSPS) is 13.0. The van der Waals surface area contributed by atoms with Crippen LogP contribution in [0, 0.1) is 0 Å². The largest absolute Gasteiger partial charge is 0.352 e. The summed E-state index contributed by atoms with van der Waals surface area (Å²) in [6.07, 6.45) is 4.54. The summed E-state index contributed by atoms with van der Waals surface area (Å²) < 4.78 is 3.16. The molecule has 8 nitrogen and oxygen atoms in total. The number of carbonyl (C=O) groups is 2. The Labute approximate surface area is 186 Å². The zero-order valence-corrected chi connectivity index (χ0v) is 18.4. The number of hydrogen-bond donors (Lipinski definition) is 1. The third-order valence-corrected chi connectivity index (χ3v) is 5.84. The second-order valence-corrected chi connectivity index (χ2v) is 7.92. The van der Waals surface area contributed by atoms with Crippen LogP contribution in [0.15, 0.2) is 53.6 Å². The lowest BCUT2D eigenvalue weighted by Gasteiger charge is -2.30. The molecule has 0 saturated carbocycles. The first-order chi connectivity index (χ1) is 15.5. The third-order valence-electron chi connectivity index (χ3n) is 5.84. The van der Waals surface area contributed by atoms with Crippen LogP contribution >= 0.6 is 0 Å². The molecule has 1 aromatic carbocycles. The highest BCUT2D eigenvalue weighted by molar-refractivity contribution is 5.96. The van der Waals surface area contributed by atoms with Gasteiger partial charge in [-0.3, -0.25) is 19.1 Å². The van der Waals surface area contributed by atoms with Crippen LogP contribution in [0.3, 0.4) is 0 Å². The Morgan fingerprint density at radius 2 is 1.94 bits per heavy atom. The van der Waals surface area contributed by atoms with Gasteiger partial charge in [0.1, 0.15) is 11.3 Å². The molecule has 0 radical (unpaired) electrons. The first-order valence-corrected chi connectivity index (χ1v) is 10.8. The van der Waals surface area contributed by atoms with Gasteiger partial charge < -0.3 is 14.8 Å². The summed E-state index contributed by atoms with van der Waals surface area (Å²) in [4.78, 5) is 40.8. The van der Waals surface area contributed by atoms with Gasteiger partial charge in [0.2, 0.25) is 0 Å². The first kappa shape index (κ1) is 21.5. The highest BCUT2D eigenvalue weighted by atomic mass is 16.2. The monoisotopic (exact) mass is 433 g/mol. The van der Waals surface area contributed by atoms with Crippen molar-refractivity contribution in [3.05, 3.63) is 87.1 Å². The van der Waals surface area contributed by atoms with Gasteiger partial charge in [-0.1, -0.05) is 30.3 Å². The van der Waals surface area contributed by atoms with Gasteiger partial charge in [0.25, 0.3) is 17.4 Å². The zero-order valence-electron chi connectivity index (χ0n) is 18.4. The van der Waals surface area contributed by atoms with Crippen molar-refractivity contribution in [2.45, 2.75) is 32.9 Å². The second kappa shape index (κ2) is 9.21. The van der Waals surface area contributed by atoms with Crippen LogP contribution < -0.4 is 10.9 Å². The minimum Gasteiger partial charge on any atom is -0.352 e. The number of carbonyl (C=O) groups excluding carboxylic acids is 2. The molecule has 4 rings (SSSR count). The van der Waals surface area contributed by atoms with Crippen molar-refractivity contribution < 1.29 is 9.59 Å². The SMILES string of the molecule is CCNC(=O)c1c2c(cn(CCc3ccccc3)c1=O)CN(C(=O)c1ccnn1C)CC2. The maximum atomic E-state index is 13.2. The fourth-order valence-electron chi connectivity index (χ4n) is 4.17. The van der Waals surface area contributed by atoms with Gasteiger partial charge in [-0.2, -0.15) is 5.10 Å². The summed E-state index contributed by atoms with van der Waals surface area (Å²) in [5.41, 5.74) is 3.12. The quantitative estimate of drug-likeness (QED) is 0.642. The molecule has 3 heterocycles. The lowest BCUT2D eigenvalue weighted by molar-refractivity contribution is 0.0722. The van der Waals surface area contributed by atoms with Crippen LogP contribution in [0.4, 0.5) is 0 Å². The zero-order chi connectivity index (χ0) is 22.7. The Kier molecular flexibility index (Phi) is 6.20. The molecule has 0 spiro atoms. The standard InChI is InChI=1S/C24H27N5O3/c1-3-25-22(30)21-19-11-14-28(23(31)20-9-12-26-27(20)2)15-18(19)16-29(24(21)32)13-10-17-7-5-4-6-8-17/h4-9,12,16H,3,10-11,13-15H2,1-2H3,(H,25,30). The molecule has 166 valence electrons. The minimum atomic E-state index is -0.353. The summed E-state index contributed by atoms with van der Waals surface area (Å²) in [7, 11) is 1.74. The number of aryl methyl sites for hydroxylation is 3. The summed E-state index contributed by atoms with van der Waals surface area (Å²) in [5, 5.41) is 6.86. The minimum absolute atomic E-state index is 0.114. The van der Waals surface area contributed by atoms with Crippen LogP contribution in [0.1, 0.15) is 44.5 Å². The van der Waals surface area contributed by atoms with Gasteiger partial charge in [-0.15, -0.1) is 0 Å². The van der Waals surface area contributed by atoms with Gasteiger partial charge in [0, 0.05) is 45.6 Å². The number of fused-ring (bicyclic) bond motifs is 1. The van der Waals surface area contributed by atoms with E-state index in [-0.39, 0.29) is 22.9 Å². The average molecular weight is 434 g/mol. The molecule has 0 fully saturated rings. The lowest BCUT2D eigenvalue weighted by atomic mass is 9.95. The van der Waals surface area contributed by atoms with Crippen molar-refractivity contribution in [2.75, 3.05) is 13.1 Å². The van der Waals surface area contributed by atoms with E-state index in [4.69, 9.17) is 0 Å². The number of nitrogens with zero attached hydrogens (tertiary/aromatic N) is 4. The highest BCUT2D eigenvalue weighted by Gasteiger charge is 2.29. The van der Waals surface area contributed by atoms with E-state index in [0.29, 0.717) is 44.7 Å². The van der Waals surface area contributed by atoms with E-state index in [1.54, 1.807) is 33.5 Å². The van der Waals surface area contributed by atoms with Crippen LogP contribution in [0.2, 0.25) is 0 Å². The number of pyridine rings is 1. The molecule has 1 aliphatic heterocycles. The Balaban J connectivity index is 1.68. The molecule has 1 N–H and O–H groups in total. The van der Waals surface area contributed by atoms with Crippen molar-refractivity contribution in [1.29, 1.82) is 0 Å². The molecule has 0 bridgehead atoms. The number of hydrogen-bond acceptors (Lipinski definition) is 4. The summed E-state index contributed by atoms with van der Waals surface area (Å²) in [6, 6.07) is 11.6. The van der Waals surface area contributed by atoms with E-state index in [9.17, 15) is 14.4 Å². The molecule has 1 aliphatic rings. The summed E-state index contributed by atoms with van der Waals surface area (Å²) >= 11 is 0. The van der Waals surface area contributed by atoms with Crippen molar-refractivity contribution in [2.24, 2.45) is 7.05 Å². The van der Waals surface area contributed by atoms with Crippen LogP contribution in [0.25, 0.3) is 0 Å². The Hall–Kier alpha value is -3.68. The fourth-order valence-corrected chi connectivity index (χ4v) is 4.17. The Bertz CT molecular complexity index is 1200. The molecule has 8 heteroatoms. The lowest BCUT2D eigenvalue weighted by Crippen LogP contribution is -2.42. The molecule has 0 unspecified atom stereocenters. The number of nitrogens with one attached hydrogen (secondary N) is 1. The van der Waals surface area contributed by atoms with Crippen molar-refractivity contribution >= 4 is 11.8 Å². The maximum Gasteiger partial charge on any atom is 0.272 e. The molecular formula is C24H27N5O3. The summed E-state index contributed by atoms with van der Waals surface area (Å²) in [5.74, 6) is -0.466. The summed E-state index contributed by atoms with van der Waals surface area (Å²) in [6.45, 7) is 3.51. The highest BCUT2D eigenvalue weighted by Crippen LogP contribution is 2.22.